The molecule has 2 heterocycles. The largest absolute Gasteiger partial charge is 0.390 e. The van der Waals surface area contributed by atoms with Gasteiger partial charge in [-0.15, -0.1) is 0 Å². The monoisotopic (exact) mass is 239 g/mol. The zero-order valence-corrected chi connectivity index (χ0v) is 10.7. The van der Waals surface area contributed by atoms with Crippen molar-refractivity contribution in [2.75, 3.05) is 19.7 Å². The lowest BCUT2D eigenvalue weighted by Crippen LogP contribution is -2.50. The van der Waals surface area contributed by atoms with Crippen LogP contribution in [-0.2, 0) is 4.74 Å². The Morgan fingerprint density at radius 1 is 1.18 bits per heavy atom. The van der Waals surface area contributed by atoms with Gasteiger partial charge in [0, 0.05) is 12.6 Å². The Hall–Kier alpha value is -0.120. The molecule has 1 N–H and O–H groups in total. The van der Waals surface area contributed by atoms with E-state index >= 15 is 0 Å². The minimum absolute atomic E-state index is 0.0740. The molecule has 3 nitrogen and oxygen atoms in total. The topological polar surface area (TPSA) is 32.7 Å². The average Bonchev–Trinajstić information content (AvgIpc) is 2.97. The molecule has 3 heteroatoms. The van der Waals surface area contributed by atoms with Gasteiger partial charge in [0.1, 0.15) is 0 Å². The van der Waals surface area contributed by atoms with Crippen molar-refractivity contribution in [2.24, 2.45) is 5.92 Å². The first-order chi connectivity index (χ1) is 8.33. The van der Waals surface area contributed by atoms with Crippen LogP contribution >= 0.6 is 0 Å². The summed E-state index contributed by atoms with van der Waals surface area (Å²) in [7, 11) is 0. The van der Waals surface area contributed by atoms with Crippen molar-refractivity contribution in [3.8, 4) is 0 Å². The highest BCUT2D eigenvalue weighted by molar-refractivity contribution is 4.88. The zero-order valence-electron chi connectivity index (χ0n) is 10.7. The first kappa shape index (κ1) is 11.9. The summed E-state index contributed by atoms with van der Waals surface area (Å²) in [6.45, 7) is 3.01. The number of hydrogen-bond acceptors (Lipinski definition) is 3. The van der Waals surface area contributed by atoms with Crippen LogP contribution in [0.5, 0.6) is 0 Å². The molecule has 3 atom stereocenters. The van der Waals surface area contributed by atoms with E-state index in [1.165, 1.54) is 45.1 Å². The van der Waals surface area contributed by atoms with E-state index in [2.05, 4.69) is 4.90 Å². The van der Waals surface area contributed by atoms with Crippen molar-refractivity contribution in [1.29, 1.82) is 0 Å². The van der Waals surface area contributed by atoms with Crippen LogP contribution in [0.2, 0.25) is 0 Å². The molecule has 0 bridgehead atoms. The van der Waals surface area contributed by atoms with Crippen LogP contribution in [0.25, 0.3) is 0 Å². The van der Waals surface area contributed by atoms with Gasteiger partial charge in [0.05, 0.1) is 18.8 Å². The standard InChI is InChI=1S/C14H25NO2/c16-13(8-11-4-1-2-5-11)14-9-15-7-3-6-12(15)10-17-14/h11-14,16H,1-10H2. The van der Waals surface area contributed by atoms with Crippen LogP contribution in [0, 0.1) is 5.92 Å². The first-order valence-corrected chi connectivity index (χ1v) is 7.36. The van der Waals surface area contributed by atoms with Gasteiger partial charge in [0.2, 0.25) is 0 Å². The van der Waals surface area contributed by atoms with Gasteiger partial charge in [-0.05, 0) is 31.7 Å². The number of nitrogens with zero attached hydrogens (tertiary/aromatic N) is 1. The summed E-state index contributed by atoms with van der Waals surface area (Å²) in [5, 5.41) is 10.3. The molecule has 0 aromatic rings. The van der Waals surface area contributed by atoms with Gasteiger partial charge in [0.25, 0.3) is 0 Å². The summed E-state index contributed by atoms with van der Waals surface area (Å²) < 4.78 is 5.87. The van der Waals surface area contributed by atoms with E-state index in [4.69, 9.17) is 4.74 Å². The summed E-state index contributed by atoms with van der Waals surface area (Å²) in [6, 6.07) is 0.643. The minimum atomic E-state index is -0.236. The maximum atomic E-state index is 10.3. The zero-order chi connectivity index (χ0) is 11.7. The Morgan fingerprint density at radius 2 is 2.00 bits per heavy atom. The molecule has 0 amide bonds. The summed E-state index contributed by atoms with van der Waals surface area (Å²) in [6.07, 6.45) is 8.73. The Morgan fingerprint density at radius 3 is 2.82 bits per heavy atom. The third-order valence-corrected chi connectivity index (χ3v) is 4.89. The molecule has 98 valence electrons. The molecule has 1 aliphatic carbocycles. The van der Waals surface area contributed by atoms with Crippen LogP contribution in [0.4, 0.5) is 0 Å². The van der Waals surface area contributed by atoms with Crippen molar-refractivity contribution in [3.63, 3.8) is 0 Å². The van der Waals surface area contributed by atoms with Gasteiger partial charge in [-0.2, -0.15) is 0 Å². The number of aliphatic hydroxyl groups excluding tert-OH is 1. The first-order valence-electron chi connectivity index (χ1n) is 7.36. The van der Waals surface area contributed by atoms with Crippen molar-refractivity contribution in [3.05, 3.63) is 0 Å². The highest BCUT2D eigenvalue weighted by Gasteiger charge is 2.36. The van der Waals surface area contributed by atoms with Crippen LogP contribution in [0.1, 0.15) is 44.9 Å². The summed E-state index contributed by atoms with van der Waals surface area (Å²) in [4.78, 5) is 2.52. The SMILES string of the molecule is OC(CC1CCCC1)C1CN2CCCC2CO1. The predicted octanol–water partition coefficient (Wildman–Crippen LogP) is 1.79. The van der Waals surface area contributed by atoms with Gasteiger partial charge in [-0.3, -0.25) is 4.90 Å². The van der Waals surface area contributed by atoms with Gasteiger partial charge in [-0.1, -0.05) is 25.7 Å². The van der Waals surface area contributed by atoms with E-state index in [-0.39, 0.29) is 12.2 Å². The normalized spacial score (nSPS) is 37.2. The molecule has 0 aromatic heterocycles. The Kier molecular flexibility index (Phi) is 3.69. The molecule has 3 fully saturated rings. The fraction of sp³-hybridized carbons (Fsp3) is 1.00. The highest BCUT2D eigenvalue weighted by atomic mass is 16.5. The van der Waals surface area contributed by atoms with Crippen LogP contribution < -0.4 is 0 Å². The third kappa shape index (κ3) is 2.67. The quantitative estimate of drug-likeness (QED) is 0.815. The fourth-order valence-corrected chi connectivity index (χ4v) is 3.81. The van der Waals surface area contributed by atoms with Crippen molar-refractivity contribution in [2.45, 2.75) is 63.2 Å². The number of morpholine rings is 1. The van der Waals surface area contributed by atoms with Crippen LogP contribution in [0.3, 0.4) is 0 Å². The Bertz CT molecular complexity index is 253. The van der Waals surface area contributed by atoms with Gasteiger partial charge >= 0.3 is 0 Å². The molecule has 1 saturated carbocycles. The molecule has 0 spiro atoms. The Labute approximate surface area is 104 Å². The molecule has 2 aliphatic heterocycles. The summed E-state index contributed by atoms with van der Waals surface area (Å²) in [5.41, 5.74) is 0. The fourth-order valence-electron chi connectivity index (χ4n) is 3.81. The van der Waals surface area contributed by atoms with Crippen molar-refractivity contribution < 1.29 is 9.84 Å². The molecule has 3 unspecified atom stereocenters. The second-order valence-corrected chi connectivity index (χ2v) is 6.12. The van der Waals surface area contributed by atoms with E-state index in [0.717, 1.165) is 25.5 Å². The lowest BCUT2D eigenvalue weighted by molar-refractivity contribution is -0.107. The van der Waals surface area contributed by atoms with E-state index < -0.39 is 0 Å². The lowest BCUT2D eigenvalue weighted by Gasteiger charge is -2.37. The van der Waals surface area contributed by atoms with Crippen LogP contribution in [0.15, 0.2) is 0 Å². The minimum Gasteiger partial charge on any atom is -0.390 e. The number of hydrogen-bond donors (Lipinski definition) is 1. The maximum Gasteiger partial charge on any atom is 0.0961 e. The molecular formula is C14H25NO2. The molecule has 3 rings (SSSR count). The van der Waals surface area contributed by atoms with E-state index in [0.29, 0.717) is 6.04 Å². The Balaban J connectivity index is 1.49. The maximum absolute atomic E-state index is 10.3. The van der Waals surface area contributed by atoms with E-state index in [1.807, 2.05) is 0 Å². The van der Waals surface area contributed by atoms with Gasteiger partial charge in [-0.25, -0.2) is 0 Å². The molecule has 17 heavy (non-hydrogen) atoms. The van der Waals surface area contributed by atoms with E-state index in [1.54, 1.807) is 0 Å². The molecule has 2 saturated heterocycles. The number of fused-ring (bicyclic) bond motifs is 1. The number of aliphatic hydroxyl groups is 1. The van der Waals surface area contributed by atoms with E-state index in [9.17, 15) is 5.11 Å². The molecule has 3 aliphatic rings. The summed E-state index contributed by atoms with van der Waals surface area (Å²) >= 11 is 0. The highest BCUT2D eigenvalue weighted by Crippen LogP contribution is 2.31. The predicted molar refractivity (Wildman–Crippen MR) is 66.9 cm³/mol. The van der Waals surface area contributed by atoms with Crippen molar-refractivity contribution in [1.82, 2.24) is 4.90 Å². The molecular weight excluding hydrogens is 214 g/mol. The van der Waals surface area contributed by atoms with Gasteiger partial charge in [0.15, 0.2) is 0 Å². The van der Waals surface area contributed by atoms with Crippen LogP contribution in [-0.4, -0.2) is 48.0 Å². The lowest BCUT2D eigenvalue weighted by atomic mass is 9.96. The second-order valence-electron chi connectivity index (χ2n) is 6.12. The second kappa shape index (κ2) is 5.25. The molecule has 0 radical (unpaired) electrons. The third-order valence-electron chi connectivity index (χ3n) is 4.89. The average molecular weight is 239 g/mol. The molecule has 0 aromatic carbocycles. The van der Waals surface area contributed by atoms with Gasteiger partial charge < -0.3 is 9.84 Å². The number of rotatable bonds is 3. The van der Waals surface area contributed by atoms with Crippen molar-refractivity contribution >= 4 is 0 Å². The smallest absolute Gasteiger partial charge is 0.0961 e. The summed E-state index contributed by atoms with van der Waals surface area (Å²) in [5.74, 6) is 0.755. The number of ether oxygens (including phenoxy) is 1.